The van der Waals surface area contributed by atoms with E-state index in [0.29, 0.717) is 4.90 Å². The molecule has 0 unspecified atom stereocenters. The first-order valence-electron chi connectivity index (χ1n) is 28.7. The van der Waals surface area contributed by atoms with Gasteiger partial charge in [0.1, 0.15) is 22.3 Å². The second kappa shape index (κ2) is 11.0. The topological polar surface area (TPSA) is 29.5 Å². The highest BCUT2D eigenvalue weighted by atomic mass is 16.3. The third kappa shape index (κ3) is 4.51. The van der Waals surface area contributed by atoms with E-state index in [1.165, 1.54) is 0 Å². The van der Waals surface area contributed by atoms with Crippen LogP contribution in [0, 0.1) is 0 Å². The van der Waals surface area contributed by atoms with Crippen LogP contribution in [0.2, 0.25) is 0 Å². The highest BCUT2D eigenvalue weighted by molar-refractivity contribution is 6.17. The van der Waals surface area contributed by atoms with E-state index in [0.717, 1.165) is 0 Å². The molecule has 10 aromatic rings. The molecule has 0 aliphatic heterocycles. The highest BCUT2D eigenvalue weighted by Crippen LogP contribution is 2.46. The minimum Gasteiger partial charge on any atom is -0.456 e. The van der Waals surface area contributed by atoms with E-state index in [-0.39, 0.29) is 5.39 Å². The molecule has 0 fully saturated rings. The molecule has 10 rings (SSSR count). The third-order valence-electron chi connectivity index (χ3n) is 7.51. The van der Waals surface area contributed by atoms with Crippen molar-refractivity contribution in [1.29, 1.82) is 0 Å². The zero-order valence-corrected chi connectivity index (χ0v) is 24.3. The first kappa shape index (κ1) is 11.3. The van der Waals surface area contributed by atoms with Gasteiger partial charge in [-0.1, -0.05) is 109 Å². The summed E-state index contributed by atoms with van der Waals surface area (Å²) in [5.41, 5.74) is -9.34. The van der Waals surface area contributed by atoms with Gasteiger partial charge in [0.25, 0.3) is 0 Å². The van der Waals surface area contributed by atoms with E-state index in [2.05, 4.69) is 0 Å². The van der Waals surface area contributed by atoms with Gasteiger partial charge in [0, 0.05) is 33.1 Å². The number of rotatable bonds is 5. The van der Waals surface area contributed by atoms with Crippen LogP contribution in [0.3, 0.4) is 0 Å². The van der Waals surface area contributed by atoms with Crippen molar-refractivity contribution in [3.8, 4) is 22.3 Å². The fraction of sp³-hybridized carbons (Fsp3) is 0. The molecule has 8 aromatic carbocycles. The number of anilines is 3. The molecule has 0 saturated carbocycles. The van der Waals surface area contributed by atoms with Crippen LogP contribution in [0.15, 0.2) is 184 Å². The maximum absolute atomic E-state index is 9.91. The lowest BCUT2D eigenvalue weighted by Crippen LogP contribution is -2.10. The van der Waals surface area contributed by atoms with Gasteiger partial charge in [-0.05, 0) is 93.9 Å². The Kier molecular flexibility index (Phi) is 2.53. The number of benzene rings is 8. The Balaban J connectivity index is 1.43. The summed E-state index contributed by atoms with van der Waals surface area (Å²) < 4.78 is 272. The number of para-hydroxylation sites is 3. The number of furan rings is 2. The van der Waals surface area contributed by atoms with E-state index in [9.17, 15) is 15.1 Å². The zero-order chi connectivity index (χ0) is 57.5. The Bertz CT molecular complexity index is 4480. The van der Waals surface area contributed by atoms with Crippen LogP contribution < -0.4 is 4.90 Å². The van der Waals surface area contributed by atoms with Crippen LogP contribution >= 0.6 is 0 Å². The lowest BCUT2D eigenvalue weighted by molar-refractivity contribution is 0.669. The van der Waals surface area contributed by atoms with Gasteiger partial charge in [-0.3, -0.25) is 0 Å². The summed E-state index contributed by atoms with van der Waals surface area (Å²) in [5.74, 6) is 0. The highest BCUT2D eigenvalue weighted by Gasteiger charge is 2.22. The minimum atomic E-state index is -1.24. The summed E-state index contributed by atoms with van der Waals surface area (Å²) in [6.45, 7) is 0. The first-order valence-corrected chi connectivity index (χ1v) is 14.2. The van der Waals surface area contributed by atoms with Crippen molar-refractivity contribution < 1.29 is 48.6 Å². The van der Waals surface area contributed by atoms with Gasteiger partial charge in [-0.25, -0.2) is 0 Å². The number of hydrogen-bond donors (Lipinski definition) is 0. The maximum Gasteiger partial charge on any atom is 0.145 e. The molecule has 0 atom stereocenters. The molecule has 3 nitrogen and oxygen atoms in total. The van der Waals surface area contributed by atoms with Gasteiger partial charge in [0.2, 0.25) is 0 Å². The molecule has 0 amide bonds. The van der Waals surface area contributed by atoms with E-state index >= 15 is 0 Å². The lowest BCUT2D eigenvalue weighted by Gasteiger charge is -2.27. The average Bonchev–Trinajstić information content (AvgIpc) is 4.21. The third-order valence-corrected chi connectivity index (χ3v) is 7.51. The smallest absolute Gasteiger partial charge is 0.145 e. The summed E-state index contributed by atoms with van der Waals surface area (Å²) in [5, 5.41) is -3.72. The Labute approximate surface area is 323 Å². The molecule has 0 radical (unpaired) electrons. The van der Waals surface area contributed by atoms with Gasteiger partial charge in [0.15, 0.2) is 0 Å². The molecule has 230 valence electrons. The minimum absolute atomic E-state index is 0.377. The van der Waals surface area contributed by atoms with E-state index < -0.39 is 264 Å². The molecule has 49 heavy (non-hydrogen) atoms. The van der Waals surface area contributed by atoms with Crippen molar-refractivity contribution in [1.82, 2.24) is 0 Å². The van der Waals surface area contributed by atoms with Crippen LogP contribution in [-0.2, 0) is 0 Å². The van der Waals surface area contributed by atoms with Crippen molar-refractivity contribution in [2.75, 3.05) is 4.90 Å². The summed E-state index contributed by atoms with van der Waals surface area (Å²) in [6.07, 6.45) is 0. The zero-order valence-electron chi connectivity index (χ0n) is 53.3. The van der Waals surface area contributed by atoms with E-state index in [1.54, 1.807) is 0 Å². The largest absolute Gasteiger partial charge is 0.456 e. The molecule has 2 heterocycles. The Morgan fingerprint density at radius 2 is 1.10 bits per heavy atom. The number of hydrogen-bond acceptors (Lipinski definition) is 3. The number of fused-ring (bicyclic) bond motifs is 7. The Hall–Kier alpha value is -6.58. The van der Waals surface area contributed by atoms with Crippen LogP contribution in [0.1, 0.15) is 39.8 Å². The molecule has 0 aliphatic rings. The van der Waals surface area contributed by atoms with Crippen molar-refractivity contribution in [2.24, 2.45) is 0 Å². The van der Waals surface area contributed by atoms with Crippen LogP contribution in [0.4, 0.5) is 17.1 Å². The fourth-order valence-electron chi connectivity index (χ4n) is 5.40. The van der Waals surface area contributed by atoms with Crippen LogP contribution in [0.25, 0.3) is 76.9 Å². The monoisotopic (exact) mass is 656 g/mol. The fourth-order valence-corrected chi connectivity index (χ4v) is 5.40. The molecular formula is C46H29NO2. The first-order chi connectivity index (χ1) is 36.4. The molecule has 0 N–H and O–H groups in total. The van der Waals surface area contributed by atoms with Gasteiger partial charge in [0.05, 0.1) is 50.8 Å². The van der Waals surface area contributed by atoms with Gasteiger partial charge >= 0.3 is 0 Å². The molecule has 0 bridgehead atoms. The van der Waals surface area contributed by atoms with Gasteiger partial charge in [-0.15, -0.1) is 0 Å². The predicted octanol–water partition coefficient (Wildman–Crippen LogP) is 13.4. The molecule has 0 spiro atoms. The second-order valence-corrected chi connectivity index (χ2v) is 10.3. The normalized spacial score (nSPS) is 20.0. The maximum atomic E-state index is 9.91. The van der Waals surface area contributed by atoms with Gasteiger partial charge in [-0.2, -0.15) is 0 Å². The second-order valence-electron chi connectivity index (χ2n) is 10.3. The molecule has 0 saturated heterocycles. The van der Waals surface area contributed by atoms with Crippen molar-refractivity contribution >= 4 is 71.7 Å². The summed E-state index contributed by atoms with van der Waals surface area (Å²) in [4.78, 5) is 0.457. The molecule has 3 heteroatoms. The molecular weight excluding hydrogens is 599 g/mol. The van der Waals surface area contributed by atoms with Crippen molar-refractivity contribution in [3.05, 3.63) is 175 Å². The average molecular weight is 657 g/mol. The van der Waals surface area contributed by atoms with Crippen LogP contribution in [0.5, 0.6) is 0 Å². The lowest BCUT2D eigenvalue weighted by atomic mass is 9.96. The summed E-state index contributed by atoms with van der Waals surface area (Å²) >= 11 is 0. The predicted molar refractivity (Wildman–Crippen MR) is 204 cm³/mol. The SMILES string of the molecule is [2H]c1c([2H])c([2H])c(N(c2c([2H])c([2H])c3c([2H])c([2H])c([2H])c([2H])c3c2[2H])c2c([2H])c([2H])c(-c3c([2H])c([2H])c([2H])c(-c4c([2H])c([2H])c5c(oc6c([2H])c([2H])c([2H])c([2H])c65)c4[2H])c3[2H])c3oc4c([2H])c([2H])c([2H])c([2H])c4c23)c([2H])c1[2H]. The van der Waals surface area contributed by atoms with Crippen molar-refractivity contribution in [3.63, 3.8) is 0 Å². The quantitative estimate of drug-likeness (QED) is 0.185. The van der Waals surface area contributed by atoms with E-state index in [4.69, 9.17) is 33.5 Å². The summed E-state index contributed by atoms with van der Waals surface area (Å²) in [7, 11) is 0. The summed E-state index contributed by atoms with van der Waals surface area (Å²) in [6, 6.07) is -28.3. The standard InChI is InChI=1S/C46H29NO2/c1-2-15-35(16-3-1)47(36-23-21-30-11-4-5-12-32(30)28-36)41-26-25-37(46-45(41)40-18-7-9-20-43(40)49-46)34-14-10-13-31(27-34)33-22-24-39-38-17-6-8-19-42(38)48-44(39)29-33/h1-29H/i1D,2D,3D,4D,5D,6D,7D,8D,9D,10D,11D,12D,13D,14D,15D,16D,17D,18D,19D,20D,21D,22D,23D,24D,25D,26D,27D,28D,29D. The molecule has 0 aliphatic carbocycles. The van der Waals surface area contributed by atoms with Crippen molar-refractivity contribution in [2.45, 2.75) is 0 Å². The number of nitrogens with zero attached hydrogens (tertiary/aromatic N) is 1. The Morgan fingerprint density at radius 1 is 0.408 bits per heavy atom. The van der Waals surface area contributed by atoms with E-state index in [1.807, 2.05) is 0 Å². The van der Waals surface area contributed by atoms with Gasteiger partial charge < -0.3 is 13.7 Å². The molecule has 2 aromatic heterocycles. The Morgan fingerprint density at radius 3 is 1.98 bits per heavy atom. The van der Waals surface area contributed by atoms with Crippen LogP contribution in [-0.4, -0.2) is 0 Å².